The van der Waals surface area contributed by atoms with E-state index in [1.54, 1.807) is 16.2 Å². The molecule has 2 aliphatic heterocycles. The van der Waals surface area contributed by atoms with Gasteiger partial charge in [-0.05, 0) is 86.0 Å². The van der Waals surface area contributed by atoms with E-state index in [9.17, 15) is 14.0 Å². The van der Waals surface area contributed by atoms with Gasteiger partial charge in [-0.2, -0.15) is 0 Å². The third-order valence-corrected chi connectivity index (χ3v) is 8.29. The summed E-state index contributed by atoms with van der Waals surface area (Å²) >= 11 is 1.70. The average molecular weight is 537 g/mol. The molecule has 0 bridgehead atoms. The normalized spacial score (nSPS) is 18.8. The van der Waals surface area contributed by atoms with Crippen molar-refractivity contribution >= 4 is 23.2 Å². The minimum absolute atomic E-state index is 0.0738. The van der Waals surface area contributed by atoms with Gasteiger partial charge in [0.1, 0.15) is 24.7 Å². The van der Waals surface area contributed by atoms with Crippen molar-refractivity contribution in [3.63, 3.8) is 0 Å². The van der Waals surface area contributed by atoms with E-state index in [1.807, 2.05) is 30.9 Å². The Hall–Kier alpha value is -3.23. The number of halogens is 1. The molecule has 2 aliphatic rings. The van der Waals surface area contributed by atoms with Crippen LogP contribution < -0.4 is 4.74 Å². The molecule has 3 aromatic rings. The molecule has 3 heterocycles. The molecule has 0 saturated carbocycles. The summed E-state index contributed by atoms with van der Waals surface area (Å²) in [5.74, 6) is -0.0404. The van der Waals surface area contributed by atoms with Crippen LogP contribution in [0.25, 0.3) is 0 Å². The summed E-state index contributed by atoms with van der Waals surface area (Å²) in [6, 6.07) is 13.4. The number of carbonyl (C=O) groups is 2. The highest BCUT2D eigenvalue weighted by atomic mass is 32.1. The van der Waals surface area contributed by atoms with Gasteiger partial charge < -0.3 is 19.3 Å². The molecule has 6 nitrogen and oxygen atoms in total. The van der Waals surface area contributed by atoms with Crippen LogP contribution in [0.5, 0.6) is 5.75 Å². The van der Waals surface area contributed by atoms with Gasteiger partial charge in [0.2, 0.25) is 5.91 Å². The summed E-state index contributed by atoms with van der Waals surface area (Å²) in [5, 5.41) is 2.06. The molecule has 1 aromatic heterocycles. The Labute approximate surface area is 227 Å². The minimum atomic E-state index is -0.408. The molecule has 2 amide bonds. The van der Waals surface area contributed by atoms with E-state index in [-0.39, 0.29) is 30.5 Å². The number of nitrogens with zero attached hydrogens (tertiary/aromatic N) is 2. The highest BCUT2D eigenvalue weighted by molar-refractivity contribution is 7.10. The van der Waals surface area contributed by atoms with E-state index >= 15 is 0 Å². The minimum Gasteiger partial charge on any atom is -0.491 e. The molecule has 1 fully saturated rings. The fourth-order valence-electron chi connectivity index (χ4n) is 5.29. The molecule has 0 aliphatic carbocycles. The number of thiophene rings is 1. The lowest BCUT2D eigenvalue weighted by atomic mass is 10.00. The predicted octanol–water partition coefficient (Wildman–Crippen LogP) is 5.33. The van der Waals surface area contributed by atoms with E-state index in [0.717, 1.165) is 36.1 Å². The van der Waals surface area contributed by atoms with Gasteiger partial charge in [0.25, 0.3) is 5.91 Å². The van der Waals surface area contributed by atoms with Crippen LogP contribution in [-0.2, 0) is 16.0 Å². The van der Waals surface area contributed by atoms with Crippen molar-refractivity contribution in [2.24, 2.45) is 0 Å². The predicted molar refractivity (Wildman–Crippen MR) is 145 cm³/mol. The summed E-state index contributed by atoms with van der Waals surface area (Å²) < 4.78 is 25.5. The Kier molecular flexibility index (Phi) is 8.09. The zero-order valence-corrected chi connectivity index (χ0v) is 22.6. The van der Waals surface area contributed by atoms with Gasteiger partial charge in [0.05, 0.1) is 12.1 Å². The highest BCUT2D eigenvalue weighted by Crippen LogP contribution is 2.34. The third-order valence-electron chi connectivity index (χ3n) is 7.29. The number of fused-ring (bicyclic) bond motifs is 1. The van der Waals surface area contributed by atoms with E-state index in [2.05, 4.69) is 17.5 Å². The second-order valence-electron chi connectivity index (χ2n) is 10.1. The van der Waals surface area contributed by atoms with Crippen LogP contribution >= 0.6 is 11.3 Å². The maximum atomic E-state index is 13.8. The number of amides is 2. The fraction of sp³-hybridized carbons (Fsp3) is 0.400. The van der Waals surface area contributed by atoms with Crippen molar-refractivity contribution in [3.05, 3.63) is 86.9 Å². The maximum Gasteiger partial charge on any atom is 0.254 e. The van der Waals surface area contributed by atoms with Crippen LogP contribution in [0.2, 0.25) is 0 Å². The largest absolute Gasteiger partial charge is 0.491 e. The van der Waals surface area contributed by atoms with E-state index in [4.69, 9.17) is 9.47 Å². The molecule has 2 atom stereocenters. The summed E-state index contributed by atoms with van der Waals surface area (Å²) in [4.78, 5) is 31.9. The lowest BCUT2D eigenvalue weighted by Gasteiger charge is -2.37. The molecule has 0 radical (unpaired) electrons. The Morgan fingerprint density at radius 1 is 1.16 bits per heavy atom. The molecule has 200 valence electrons. The smallest absolute Gasteiger partial charge is 0.254 e. The van der Waals surface area contributed by atoms with Gasteiger partial charge in [-0.1, -0.05) is 17.7 Å². The van der Waals surface area contributed by atoms with Crippen LogP contribution in [0, 0.1) is 19.7 Å². The molecule has 38 heavy (non-hydrogen) atoms. The van der Waals surface area contributed by atoms with Crippen LogP contribution in [0.3, 0.4) is 0 Å². The summed E-state index contributed by atoms with van der Waals surface area (Å²) in [6.07, 6.45) is 2.44. The second kappa shape index (κ2) is 11.7. The van der Waals surface area contributed by atoms with E-state index in [0.29, 0.717) is 31.9 Å². The van der Waals surface area contributed by atoms with Crippen molar-refractivity contribution in [2.45, 2.75) is 45.3 Å². The van der Waals surface area contributed by atoms with Crippen molar-refractivity contribution in [1.29, 1.82) is 0 Å². The van der Waals surface area contributed by atoms with Gasteiger partial charge in [0, 0.05) is 30.1 Å². The fourth-order valence-corrected chi connectivity index (χ4v) is 6.22. The lowest BCUT2D eigenvalue weighted by molar-refractivity contribution is -0.135. The summed E-state index contributed by atoms with van der Waals surface area (Å²) in [6.45, 7) is 5.86. The lowest BCUT2D eigenvalue weighted by Crippen LogP contribution is -2.49. The van der Waals surface area contributed by atoms with Crippen LogP contribution in [-0.4, -0.2) is 60.6 Å². The zero-order valence-electron chi connectivity index (χ0n) is 21.8. The molecule has 2 aromatic carbocycles. The van der Waals surface area contributed by atoms with Crippen molar-refractivity contribution in [3.8, 4) is 5.75 Å². The SMILES string of the molecule is Cc1ccc(OC[C@H]2c3ccsc3CCN2C(=O)CN(C[C@@H]2CCCO2)C(=O)c2ccc(F)cc2)c(C)c1. The third kappa shape index (κ3) is 5.92. The quantitative estimate of drug-likeness (QED) is 0.391. The van der Waals surface area contributed by atoms with Crippen LogP contribution in [0.4, 0.5) is 4.39 Å². The monoisotopic (exact) mass is 536 g/mol. The number of rotatable bonds is 8. The Morgan fingerprint density at radius 3 is 2.71 bits per heavy atom. The van der Waals surface area contributed by atoms with E-state index < -0.39 is 5.82 Å². The topological polar surface area (TPSA) is 59.1 Å². The summed E-state index contributed by atoms with van der Waals surface area (Å²) in [5.41, 5.74) is 3.68. The Balaban J connectivity index is 1.36. The first-order valence-corrected chi connectivity index (χ1v) is 14.0. The zero-order chi connectivity index (χ0) is 26.6. The molecule has 5 rings (SSSR count). The van der Waals surface area contributed by atoms with Crippen molar-refractivity contribution < 1.29 is 23.5 Å². The Morgan fingerprint density at radius 2 is 1.97 bits per heavy atom. The van der Waals surface area contributed by atoms with Gasteiger partial charge >= 0.3 is 0 Å². The van der Waals surface area contributed by atoms with Gasteiger partial charge in [-0.3, -0.25) is 9.59 Å². The highest BCUT2D eigenvalue weighted by Gasteiger charge is 2.34. The van der Waals surface area contributed by atoms with Crippen molar-refractivity contribution in [2.75, 3.05) is 32.8 Å². The van der Waals surface area contributed by atoms with Crippen LogP contribution in [0.1, 0.15) is 50.8 Å². The van der Waals surface area contributed by atoms with Gasteiger partial charge in [0.15, 0.2) is 0 Å². The summed E-state index contributed by atoms with van der Waals surface area (Å²) in [7, 11) is 0. The van der Waals surface area contributed by atoms with E-state index in [1.165, 1.54) is 34.7 Å². The maximum absolute atomic E-state index is 13.8. The molecule has 0 unspecified atom stereocenters. The average Bonchev–Trinajstić information content (AvgIpc) is 3.60. The molecule has 0 spiro atoms. The number of aryl methyl sites for hydroxylation is 2. The molecule has 1 saturated heterocycles. The number of benzene rings is 2. The van der Waals surface area contributed by atoms with Gasteiger partial charge in [-0.25, -0.2) is 4.39 Å². The molecule has 0 N–H and O–H groups in total. The number of hydrogen-bond donors (Lipinski definition) is 0. The first kappa shape index (κ1) is 26.4. The molecular formula is C30H33FN2O4S. The number of ether oxygens (including phenoxy) is 2. The standard InChI is InChI=1S/C30H33FN2O4S/c1-20-5-10-27(21(2)16-20)37-19-26-25-12-15-38-28(25)11-13-33(26)29(34)18-32(17-24-4-3-14-36-24)30(35)22-6-8-23(31)9-7-22/h5-10,12,15-16,24,26H,3-4,11,13-14,17-19H2,1-2H3/t24-,26-/m0/s1. The Bertz CT molecular complexity index is 1290. The first-order valence-electron chi connectivity index (χ1n) is 13.1. The van der Waals surface area contributed by atoms with Gasteiger partial charge in [-0.15, -0.1) is 11.3 Å². The van der Waals surface area contributed by atoms with Crippen molar-refractivity contribution in [1.82, 2.24) is 9.80 Å². The molecular weight excluding hydrogens is 503 g/mol. The van der Waals surface area contributed by atoms with Crippen LogP contribution in [0.15, 0.2) is 53.9 Å². The molecule has 8 heteroatoms. The first-order chi connectivity index (χ1) is 18.4. The number of carbonyl (C=O) groups excluding carboxylic acids is 2. The second-order valence-corrected chi connectivity index (χ2v) is 11.1. The number of hydrogen-bond acceptors (Lipinski definition) is 5.